The van der Waals surface area contributed by atoms with E-state index in [1.165, 1.54) is 90.7 Å². The number of benzene rings is 8. The minimum Gasteiger partial charge on any atom is -0.244 e. The summed E-state index contributed by atoms with van der Waals surface area (Å²) < 4.78 is 2.72. The Balaban J connectivity index is 1.000. The number of thiophene rings is 1. The zero-order chi connectivity index (χ0) is 38.4. The Morgan fingerprint density at radius 2 is 1.17 bits per heavy atom. The van der Waals surface area contributed by atoms with E-state index >= 15 is 0 Å². The molecule has 0 radical (unpaired) electrons. The molecule has 10 aromatic rings. The highest BCUT2D eigenvalue weighted by atomic mass is 32.1. The summed E-state index contributed by atoms with van der Waals surface area (Å²) in [6, 6.07) is 59.2. The molecule has 2 heterocycles. The van der Waals surface area contributed by atoms with E-state index in [9.17, 15) is 0 Å². The normalized spacial score (nSPS) is 22.6. The fraction of sp³-hybridized carbons (Fsp3) is 0.179. The van der Waals surface area contributed by atoms with Gasteiger partial charge in [-0.05, 0) is 148 Å². The quantitative estimate of drug-likeness (QED) is 0.167. The first kappa shape index (κ1) is 32.8. The molecule has 3 heteroatoms. The van der Waals surface area contributed by atoms with Crippen molar-refractivity contribution in [3.63, 3.8) is 0 Å². The third-order valence-electron chi connectivity index (χ3n) is 15.2. The second-order valence-electron chi connectivity index (χ2n) is 18.1. The van der Waals surface area contributed by atoms with Crippen LogP contribution in [0.15, 0.2) is 158 Å². The van der Waals surface area contributed by atoms with Crippen LogP contribution in [0.1, 0.15) is 43.2 Å². The van der Waals surface area contributed by atoms with Crippen molar-refractivity contribution >= 4 is 64.1 Å². The second kappa shape index (κ2) is 12.0. The summed E-state index contributed by atoms with van der Waals surface area (Å²) in [7, 11) is 0. The summed E-state index contributed by atoms with van der Waals surface area (Å²) in [5.74, 6) is 3.15. The summed E-state index contributed by atoms with van der Waals surface area (Å²) in [5.41, 5.74) is 14.8. The predicted octanol–water partition coefficient (Wildman–Crippen LogP) is 15.0. The van der Waals surface area contributed by atoms with Crippen molar-refractivity contribution in [2.24, 2.45) is 23.7 Å². The molecule has 0 saturated heterocycles. The topological polar surface area (TPSA) is 25.8 Å². The largest absolute Gasteiger partial charge is 0.244 e. The minimum absolute atomic E-state index is 0.0521. The lowest BCUT2D eigenvalue weighted by atomic mass is 9.43. The number of nitrogens with zero attached hydrogens (tertiary/aromatic N) is 2. The van der Waals surface area contributed by atoms with Crippen LogP contribution in [0.5, 0.6) is 0 Å². The van der Waals surface area contributed by atoms with Gasteiger partial charge in [-0.1, -0.05) is 115 Å². The van der Waals surface area contributed by atoms with Crippen molar-refractivity contribution < 1.29 is 0 Å². The molecule has 0 unspecified atom stereocenters. The van der Waals surface area contributed by atoms with Gasteiger partial charge in [-0.25, -0.2) is 9.97 Å². The Bertz CT molecular complexity index is 3380. The Kier molecular flexibility index (Phi) is 6.64. The summed E-state index contributed by atoms with van der Waals surface area (Å²) in [6.45, 7) is 0. The van der Waals surface area contributed by atoms with Crippen molar-refractivity contribution in [2.45, 2.75) is 37.5 Å². The first-order valence-corrected chi connectivity index (χ1v) is 22.4. The standard InChI is InChI=1S/C56H40N2S/c1-2-10-35(11-3-1)53-54(57-49-21-19-34-9-4-5-12-43(34)55(49)58-53)38-18-17-36-29-46-48(31-39(36)28-38)56(40-24-32-23-33(26-40)27-41(56)25-32)47-15-8-14-42(52(46)47)37-20-22-51-45(30-37)44-13-6-7-16-50(44)59-51/h1-22,28-33,40-41H,23-27H2. The van der Waals surface area contributed by atoms with Crippen LogP contribution in [0.3, 0.4) is 0 Å². The van der Waals surface area contributed by atoms with Gasteiger partial charge in [-0.3, -0.25) is 0 Å². The van der Waals surface area contributed by atoms with E-state index < -0.39 is 0 Å². The maximum Gasteiger partial charge on any atom is 0.0973 e. The molecular weight excluding hydrogens is 733 g/mol. The molecule has 280 valence electrons. The predicted molar refractivity (Wildman–Crippen MR) is 247 cm³/mol. The highest BCUT2D eigenvalue weighted by molar-refractivity contribution is 7.25. The number of aromatic nitrogens is 2. The van der Waals surface area contributed by atoms with E-state index in [0.29, 0.717) is 11.8 Å². The van der Waals surface area contributed by atoms with Crippen LogP contribution in [-0.4, -0.2) is 9.97 Å². The van der Waals surface area contributed by atoms with Crippen molar-refractivity contribution in [1.82, 2.24) is 9.97 Å². The maximum atomic E-state index is 5.45. The average molecular weight is 773 g/mol. The van der Waals surface area contributed by atoms with Crippen LogP contribution in [0, 0.1) is 23.7 Å². The van der Waals surface area contributed by atoms with Gasteiger partial charge in [-0.15, -0.1) is 11.3 Å². The molecule has 0 N–H and O–H groups in total. The highest BCUT2D eigenvalue weighted by Gasteiger charge is 2.61. The van der Waals surface area contributed by atoms with Crippen LogP contribution >= 0.6 is 11.3 Å². The molecule has 0 atom stereocenters. The first-order valence-electron chi connectivity index (χ1n) is 21.6. The molecule has 59 heavy (non-hydrogen) atoms. The van der Waals surface area contributed by atoms with Gasteiger partial charge in [0.1, 0.15) is 0 Å². The molecule has 2 aromatic heterocycles. The van der Waals surface area contributed by atoms with E-state index in [1.54, 1.807) is 11.1 Å². The lowest BCUT2D eigenvalue weighted by Gasteiger charge is -2.61. The van der Waals surface area contributed by atoms with Gasteiger partial charge in [0, 0.05) is 42.1 Å². The van der Waals surface area contributed by atoms with Gasteiger partial charge in [0.15, 0.2) is 0 Å². The molecule has 4 bridgehead atoms. The monoisotopic (exact) mass is 772 g/mol. The fourth-order valence-corrected chi connectivity index (χ4v) is 14.1. The number of fused-ring (bicyclic) bond motifs is 10. The Labute approximate surface area is 347 Å². The van der Waals surface area contributed by atoms with Gasteiger partial charge < -0.3 is 0 Å². The van der Waals surface area contributed by atoms with Crippen molar-refractivity contribution in [3.8, 4) is 44.8 Å². The highest BCUT2D eigenvalue weighted by Crippen LogP contribution is 2.70. The smallest absolute Gasteiger partial charge is 0.0973 e. The van der Waals surface area contributed by atoms with Gasteiger partial charge in [0.05, 0.1) is 22.4 Å². The molecular formula is C56H40N2S. The average Bonchev–Trinajstić information content (AvgIpc) is 3.80. The summed E-state index contributed by atoms with van der Waals surface area (Å²) in [6.07, 6.45) is 6.90. The first-order chi connectivity index (χ1) is 29.2. The molecule has 8 aromatic carbocycles. The molecule has 4 saturated carbocycles. The van der Waals surface area contributed by atoms with E-state index in [2.05, 4.69) is 158 Å². The molecule has 4 fully saturated rings. The number of hydrogen-bond donors (Lipinski definition) is 0. The van der Waals surface area contributed by atoms with Gasteiger partial charge in [0.25, 0.3) is 0 Å². The summed E-state index contributed by atoms with van der Waals surface area (Å²) in [5, 5.41) is 7.64. The van der Waals surface area contributed by atoms with E-state index in [1.807, 2.05) is 11.3 Å². The van der Waals surface area contributed by atoms with Crippen LogP contribution in [0.25, 0.3) is 97.5 Å². The molecule has 5 aliphatic carbocycles. The lowest BCUT2D eigenvalue weighted by molar-refractivity contribution is -0.0398. The van der Waals surface area contributed by atoms with E-state index in [-0.39, 0.29) is 5.41 Å². The molecule has 2 nitrogen and oxygen atoms in total. The third kappa shape index (κ3) is 4.52. The van der Waals surface area contributed by atoms with Gasteiger partial charge >= 0.3 is 0 Å². The van der Waals surface area contributed by atoms with Crippen molar-refractivity contribution in [3.05, 3.63) is 169 Å². The van der Waals surface area contributed by atoms with E-state index in [4.69, 9.17) is 9.97 Å². The molecule has 0 amide bonds. The van der Waals surface area contributed by atoms with Crippen LogP contribution in [-0.2, 0) is 5.41 Å². The number of rotatable bonds is 3. The SMILES string of the molecule is c1ccc(-c2nc3c(ccc4ccccc43)nc2-c2ccc3cc4c(cc3c2)C2(c3cccc(-c5ccc6sc7ccccc7c6c5)c3-4)C3CC4CC(C3)CC2C4)cc1. The Hall–Kier alpha value is -6.16. The fourth-order valence-electron chi connectivity index (χ4n) is 13.1. The molecule has 15 rings (SSSR count). The second-order valence-corrected chi connectivity index (χ2v) is 19.2. The summed E-state index contributed by atoms with van der Waals surface area (Å²) in [4.78, 5) is 10.9. The Morgan fingerprint density at radius 3 is 2.03 bits per heavy atom. The molecule has 1 spiro atoms. The van der Waals surface area contributed by atoms with Crippen LogP contribution in [0.4, 0.5) is 0 Å². The summed E-state index contributed by atoms with van der Waals surface area (Å²) >= 11 is 1.91. The van der Waals surface area contributed by atoms with Crippen molar-refractivity contribution in [1.29, 1.82) is 0 Å². The van der Waals surface area contributed by atoms with Crippen molar-refractivity contribution in [2.75, 3.05) is 0 Å². The van der Waals surface area contributed by atoms with Crippen LogP contribution < -0.4 is 0 Å². The lowest BCUT2D eigenvalue weighted by Crippen LogP contribution is -2.55. The minimum atomic E-state index is 0.0521. The van der Waals surface area contributed by atoms with Gasteiger partial charge in [-0.2, -0.15) is 0 Å². The van der Waals surface area contributed by atoms with E-state index in [0.717, 1.165) is 50.8 Å². The molecule has 0 aliphatic heterocycles. The van der Waals surface area contributed by atoms with Crippen LogP contribution in [0.2, 0.25) is 0 Å². The zero-order valence-electron chi connectivity index (χ0n) is 32.7. The third-order valence-corrected chi connectivity index (χ3v) is 16.3. The van der Waals surface area contributed by atoms with Gasteiger partial charge in [0.2, 0.25) is 0 Å². The Morgan fingerprint density at radius 1 is 0.441 bits per heavy atom. The zero-order valence-corrected chi connectivity index (χ0v) is 33.5. The number of hydrogen-bond acceptors (Lipinski definition) is 3. The maximum absolute atomic E-state index is 5.45. The molecule has 5 aliphatic rings.